The van der Waals surface area contributed by atoms with Crippen molar-refractivity contribution < 1.29 is 4.79 Å². The van der Waals surface area contributed by atoms with Gasteiger partial charge in [-0.3, -0.25) is 15.0 Å². The quantitative estimate of drug-likeness (QED) is 0.840. The lowest BCUT2D eigenvalue weighted by molar-refractivity contribution is -0.118. The van der Waals surface area contributed by atoms with Gasteiger partial charge in [0.25, 0.3) is 0 Å². The summed E-state index contributed by atoms with van der Waals surface area (Å²) in [7, 11) is 0. The predicted molar refractivity (Wildman–Crippen MR) is 66.0 cm³/mol. The molecule has 5 heteroatoms. The van der Waals surface area contributed by atoms with E-state index in [1.165, 1.54) is 0 Å². The van der Waals surface area contributed by atoms with Gasteiger partial charge in [0.1, 0.15) is 0 Å². The average Bonchev–Trinajstić information content (AvgIpc) is 2.39. The Labute approximate surface area is 104 Å². The van der Waals surface area contributed by atoms with E-state index in [2.05, 4.69) is 5.32 Å². The number of hydrogen-bond acceptors (Lipinski definition) is 2. The lowest BCUT2D eigenvalue weighted by Crippen LogP contribution is -2.34. The van der Waals surface area contributed by atoms with Crippen LogP contribution in [0.5, 0.6) is 0 Å². The van der Waals surface area contributed by atoms with Crippen molar-refractivity contribution in [2.75, 3.05) is 4.90 Å². The Balaban J connectivity index is 2.40. The Morgan fingerprint density at radius 1 is 1.19 bits per heavy atom. The second kappa shape index (κ2) is 4.24. The molecule has 2 atom stereocenters. The SMILES string of the molecule is C[C@H]1N[C@H](C)N(c2cc(Cl)cc(Cl)c2)C1=O. The molecule has 0 aromatic heterocycles. The fraction of sp³-hybridized carbons (Fsp3) is 0.364. The maximum Gasteiger partial charge on any atom is 0.245 e. The molecular formula is C11H12Cl2N2O. The van der Waals surface area contributed by atoms with Gasteiger partial charge < -0.3 is 0 Å². The first-order valence-corrected chi connectivity index (χ1v) is 5.80. The monoisotopic (exact) mass is 258 g/mol. The molecule has 0 aliphatic carbocycles. The molecular weight excluding hydrogens is 247 g/mol. The van der Waals surface area contributed by atoms with Gasteiger partial charge in [-0.1, -0.05) is 23.2 Å². The largest absolute Gasteiger partial charge is 0.295 e. The number of anilines is 1. The zero-order valence-corrected chi connectivity index (χ0v) is 10.5. The number of amides is 1. The Bertz CT molecular complexity index is 416. The maximum atomic E-state index is 11.9. The highest BCUT2D eigenvalue weighted by Gasteiger charge is 2.34. The normalized spacial score (nSPS) is 25.2. The molecule has 1 saturated heterocycles. The molecule has 1 N–H and O–H groups in total. The van der Waals surface area contributed by atoms with Gasteiger partial charge in [0.2, 0.25) is 5.91 Å². The van der Waals surface area contributed by atoms with Gasteiger partial charge in [0, 0.05) is 15.7 Å². The number of rotatable bonds is 1. The predicted octanol–water partition coefficient (Wildman–Crippen LogP) is 2.66. The standard InChI is InChI=1S/C11H12Cl2N2O/c1-6-11(16)15(7(2)14-6)10-4-8(12)3-9(13)5-10/h3-7,14H,1-2H3/t6-,7+/m1/s1. The molecule has 1 aliphatic heterocycles. The van der Waals surface area contributed by atoms with Crippen molar-refractivity contribution >= 4 is 34.8 Å². The van der Waals surface area contributed by atoms with Crippen molar-refractivity contribution in [1.29, 1.82) is 0 Å². The van der Waals surface area contributed by atoms with Gasteiger partial charge in [-0.25, -0.2) is 0 Å². The highest BCUT2D eigenvalue weighted by atomic mass is 35.5. The topological polar surface area (TPSA) is 32.3 Å². The van der Waals surface area contributed by atoms with Gasteiger partial charge in [-0.2, -0.15) is 0 Å². The summed E-state index contributed by atoms with van der Waals surface area (Å²) in [5.74, 6) is 0.0332. The third kappa shape index (κ3) is 2.03. The highest BCUT2D eigenvalue weighted by molar-refractivity contribution is 6.35. The van der Waals surface area contributed by atoms with Crippen LogP contribution in [0.25, 0.3) is 0 Å². The van der Waals surface area contributed by atoms with Gasteiger partial charge in [0.15, 0.2) is 0 Å². The Morgan fingerprint density at radius 2 is 1.75 bits per heavy atom. The first-order chi connectivity index (χ1) is 7.49. The number of nitrogens with one attached hydrogen (secondary N) is 1. The second-order valence-electron chi connectivity index (χ2n) is 3.90. The van der Waals surface area contributed by atoms with Gasteiger partial charge >= 0.3 is 0 Å². The molecule has 1 fully saturated rings. The molecule has 1 amide bonds. The van der Waals surface area contributed by atoms with Crippen LogP contribution >= 0.6 is 23.2 Å². The van der Waals surface area contributed by atoms with Crippen molar-refractivity contribution in [2.24, 2.45) is 0 Å². The Kier molecular flexibility index (Phi) is 3.10. The summed E-state index contributed by atoms with van der Waals surface area (Å²) in [4.78, 5) is 13.6. The van der Waals surface area contributed by atoms with Crippen molar-refractivity contribution in [2.45, 2.75) is 26.1 Å². The van der Waals surface area contributed by atoms with Crippen LogP contribution in [-0.4, -0.2) is 18.1 Å². The minimum atomic E-state index is -0.173. The van der Waals surface area contributed by atoms with Crippen LogP contribution in [0.2, 0.25) is 10.0 Å². The number of halogens is 2. The van der Waals surface area contributed by atoms with Crippen molar-refractivity contribution in [3.8, 4) is 0 Å². The zero-order valence-electron chi connectivity index (χ0n) is 9.00. The summed E-state index contributed by atoms with van der Waals surface area (Å²) >= 11 is 11.8. The molecule has 1 heterocycles. The number of carbonyl (C=O) groups excluding carboxylic acids is 1. The van der Waals surface area contributed by atoms with Crippen LogP contribution in [0.3, 0.4) is 0 Å². The molecule has 0 spiro atoms. The molecule has 0 unspecified atom stereocenters. The summed E-state index contributed by atoms with van der Waals surface area (Å²) < 4.78 is 0. The first kappa shape index (κ1) is 11.7. The minimum absolute atomic E-state index is 0.0332. The summed E-state index contributed by atoms with van der Waals surface area (Å²) in [6.07, 6.45) is -0.0444. The molecule has 1 aliphatic rings. The van der Waals surface area contributed by atoms with E-state index in [-0.39, 0.29) is 18.1 Å². The van der Waals surface area contributed by atoms with E-state index in [9.17, 15) is 4.79 Å². The van der Waals surface area contributed by atoms with E-state index < -0.39 is 0 Å². The van der Waals surface area contributed by atoms with Crippen LogP contribution in [0, 0.1) is 0 Å². The molecule has 1 aromatic rings. The van der Waals surface area contributed by atoms with E-state index >= 15 is 0 Å². The summed E-state index contributed by atoms with van der Waals surface area (Å²) in [5, 5.41) is 4.20. The summed E-state index contributed by atoms with van der Waals surface area (Å²) in [5.41, 5.74) is 0.729. The fourth-order valence-electron chi connectivity index (χ4n) is 1.94. The molecule has 3 nitrogen and oxygen atoms in total. The molecule has 0 saturated carbocycles. The number of benzene rings is 1. The van der Waals surface area contributed by atoms with Crippen molar-refractivity contribution in [1.82, 2.24) is 5.32 Å². The number of carbonyl (C=O) groups is 1. The molecule has 1 aromatic carbocycles. The third-order valence-electron chi connectivity index (χ3n) is 2.61. The van der Waals surface area contributed by atoms with E-state index in [1.54, 1.807) is 23.1 Å². The molecule has 0 radical (unpaired) electrons. The smallest absolute Gasteiger partial charge is 0.245 e. The maximum absolute atomic E-state index is 11.9. The van der Waals surface area contributed by atoms with Crippen molar-refractivity contribution in [3.05, 3.63) is 28.2 Å². The minimum Gasteiger partial charge on any atom is -0.295 e. The molecule has 2 rings (SSSR count). The van der Waals surface area contributed by atoms with Crippen LogP contribution in [0.4, 0.5) is 5.69 Å². The van der Waals surface area contributed by atoms with E-state index in [0.29, 0.717) is 10.0 Å². The first-order valence-electron chi connectivity index (χ1n) is 5.04. The van der Waals surface area contributed by atoms with Crippen LogP contribution in [-0.2, 0) is 4.79 Å². The van der Waals surface area contributed by atoms with Gasteiger partial charge in [0.05, 0.1) is 12.2 Å². The molecule has 16 heavy (non-hydrogen) atoms. The Morgan fingerprint density at radius 3 is 2.19 bits per heavy atom. The van der Waals surface area contributed by atoms with E-state index in [4.69, 9.17) is 23.2 Å². The van der Waals surface area contributed by atoms with Crippen LogP contribution in [0.15, 0.2) is 18.2 Å². The Hall–Kier alpha value is -0.770. The zero-order chi connectivity index (χ0) is 11.9. The van der Waals surface area contributed by atoms with E-state index in [0.717, 1.165) is 5.69 Å². The molecule has 86 valence electrons. The van der Waals surface area contributed by atoms with Crippen LogP contribution < -0.4 is 10.2 Å². The lowest BCUT2D eigenvalue weighted by Gasteiger charge is -2.21. The number of hydrogen-bond donors (Lipinski definition) is 1. The highest BCUT2D eigenvalue weighted by Crippen LogP contribution is 2.28. The van der Waals surface area contributed by atoms with Crippen molar-refractivity contribution in [3.63, 3.8) is 0 Å². The third-order valence-corrected chi connectivity index (χ3v) is 3.05. The van der Waals surface area contributed by atoms with E-state index in [1.807, 2.05) is 13.8 Å². The molecule has 0 bridgehead atoms. The van der Waals surface area contributed by atoms with Crippen LogP contribution in [0.1, 0.15) is 13.8 Å². The summed E-state index contributed by atoms with van der Waals surface area (Å²) in [6, 6.07) is 4.95. The fourth-order valence-corrected chi connectivity index (χ4v) is 2.45. The average molecular weight is 259 g/mol. The second-order valence-corrected chi connectivity index (χ2v) is 4.77. The van der Waals surface area contributed by atoms with Gasteiger partial charge in [-0.15, -0.1) is 0 Å². The van der Waals surface area contributed by atoms with Gasteiger partial charge in [-0.05, 0) is 32.0 Å². The lowest BCUT2D eigenvalue weighted by atomic mass is 10.2. The number of nitrogens with zero attached hydrogens (tertiary/aromatic N) is 1. The summed E-state index contributed by atoms with van der Waals surface area (Å²) in [6.45, 7) is 3.77.